The third kappa shape index (κ3) is 2.90. The fourth-order valence-corrected chi connectivity index (χ4v) is 3.66. The number of sulfonamides is 1. The summed E-state index contributed by atoms with van der Waals surface area (Å²) >= 11 is 0. The Kier molecular flexibility index (Phi) is 3.64. The maximum absolute atomic E-state index is 12.5. The first-order valence-corrected chi connectivity index (χ1v) is 8.46. The molecular formula is C14H19N3O3S. The molecule has 2 heterocycles. The minimum atomic E-state index is -3.59. The van der Waals surface area contributed by atoms with Crippen LogP contribution < -0.4 is 10.5 Å². The molecule has 114 valence electrons. The van der Waals surface area contributed by atoms with E-state index in [2.05, 4.69) is 4.72 Å². The quantitative estimate of drug-likeness (QED) is 0.853. The van der Waals surface area contributed by atoms with Gasteiger partial charge in [-0.3, -0.25) is 0 Å². The highest BCUT2D eigenvalue weighted by atomic mass is 32.2. The molecule has 2 aromatic rings. The van der Waals surface area contributed by atoms with Crippen molar-refractivity contribution in [2.75, 3.05) is 0 Å². The largest absolute Gasteiger partial charge is 0.468 e. The molecular weight excluding hydrogens is 290 g/mol. The molecule has 0 bridgehead atoms. The van der Waals surface area contributed by atoms with Crippen LogP contribution in [0.3, 0.4) is 0 Å². The molecule has 3 rings (SSSR count). The molecule has 0 spiro atoms. The molecule has 0 aromatic carbocycles. The summed E-state index contributed by atoms with van der Waals surface area (Å²) in [6.45, 7) is 2.08. The minimum absolute atomic E-state index is 0.258. The van der Waals surface area contributed by atoms with Crippen LogP contribution in [0.25, 0.3) is 0 Å². The van der Waals surface area contributed by atoms with Gasteiger partial charge in [-0.1, -0.05) is 0 Å². The second kappa shape index (κ2) is 5.32. The van der Waals surface area contributed by atoms with E-state index in [1.165, 1.54) is 6.26 Å². The first-order chi connectivity index (χ1) is 10.0. The monoisotopic (exact) mass is 309 g/mol. The lowest BCUT2D eigenvalue weighted by atomic mass is 10.3. The summed E-state index contributed by atoms with van der Waals surface area (Å²) < 4.78 is 34.7. The van der Waals surface area contributed by atoms with Crippen LogP contribution in [0.5, 0.6) is 0 Å². The molecule has 1 saturated carbocycles. The van der Waals surface area contributed by atoms with Gasteiger partial charge in [0.1, 0.15) is 5.76 Å². The summed E-state index contributed by atoms with van der Waals surface area (Å²) in [7, 11) is -3.59. The molecule has 1 atom stereocenters. The molecule has 21 heavy (non-hydrogen) atoms. The lowest BCUT2D eigenvalue weighted by Crippen LogP contribution is -2.26. The van der Waals surface area contributed by atoms with E-state index in [1.807, 2.05) is 4.57 Å². The van der Waals surface area contributed by atoms with E-state index in [-0.39, 0.29) is 4.90 Å². The highest BCUT2D eigenvalue weighted by molar-refractivity contribution is 7.89. The highest BCUT2D eigenvalue weighted by Gasteiger charge is 2.28. The smallest absolute Gasteiger partial charge is 0.242 e. The Morgan fingerprint density at radius 2 is 2.29 bits per heavy atom. The highest BCUT2D eigenvalue weighted by Crippen LogP contribution is 2.37. The number of furan rings is 1. The summed E-state index contributed by atoms with van der Waals surface area (Å²) in [5.41, 5.74) is 6.55. The Morgan fingerprint density at radius 1 is 1.52 bits per heavy atom. The summed E-state index contributed by atoms with van der Waals surface area (Å²) in [5.74, 6) is 0.583. The third-order valence-electron chi connectivity index (χ3n) is 3.67. The first kappa shape index (κ1) is 14.4. The zero-order chi connectivity index (χ0) is 15.0. The summed E-state index contributed by atoms with van der Waals surface area (Å²) in [6.07, 6.45) is 5.36. The van der Waals surface area contributed by atoms with Crippen LogP contribution in [0.4, 0.5) is 0 Å². The van der Waals surface area contributed by atoms with Gasteiger partial charge in [0.15, 0.2) is 0 Å². The van der Waals surface area contributed by atoms with Crippen molar-refractivity contribution in [1.29, 1.82) is 0 Å². The molecule has 1 unspecified atom stereocenters. The van der Waals surface area contributed by atoms with Gasteiger partial charge < -0.3 is 14.7 Å². The average molecular weight is 309 g/mol. The molecule has 0 radical (unpaired) electrons. The SMILES string of the molecule is CC(NS(=O)(=O)c1cc(CN)n(C2CC2)c1)c1ccco1. The maximum Gasteiger partial charge on any atom is 0.242 e. The zero-order valence-electron chi connectivity index (χ0n) is 11.8. The fraction of sp³-hybridized carbons (Fsp3) is 0.429. The van der Waals surface area contributed by atoms with Crippen molar-refractivity contribution in [3.8, 4) is 0 Å². The zero-order valence-corrected chi connectivity index (χ0v) is 12.6. The van der Waals surface area contributed by atoms with Crippen LogP contribution in [-0.2, 0) is 16.6 Å². The predicted octanol–water partition coefficient (Wildman–Crippen LogP) is 1.91. The number of nitrogens with one attached hydrogen (secondary N) is 1. The Bertz CT molecular complexity index is 715. The van der Waals surface area contributed by atoms with E-state index in [0.29, 0.717) is 18.3 Å². The Labute approximate surface area is 124 Å². The van der Waals surface area contributed by atoms with Crippen LogP contribution in [0, 0.1) is 0 Å². The number of aromatic nitrogens is 1. The molecule has 3 N–H and O–H groups in total. The van der Waals surface area contributed by atoms with Crippen LogP contribution in [0.1, 0.15) is 43.3 Å². The predicted molar refractivity (Wildman–Crippen MR) is 78.0 cm³/mol. The number of rotatable bonds is 6. The number of nitrogens with zero attached hydrogens (tertiary/aromatic N) is 1. The van der Waals surface area contributed by atoms with E-state index in [0.717, 1.165) is 18.5 Å². The molecule has 7 heteroatoms. The van der Waals surface area contributed by atoms with Gasteiger partial charge in [-0.15, -0.1) is 0 Å². The summed E-state index contributed by atoms with van der Waals surface area (Å²) in [6, 6.07) is 5.10. The Morgan fingerprint density at radius 3 is 2.86 bits per heavy atom. The van der Waals surface area contributed by atoms with E-state index < -0.39 is 16.1 Å². The third-order valence-corrected chi connectivity index (χ3v) is 5.18. The lowest BCUT2D eigenvalue weighted by Gasteiger charge is -2.10. The van der Waals surface area contributed by atoms with Crippen LogP contribution in [0.2, 0.25) is 0 Å². The van der Waals surface area contributed by atoms with Crippen molar-refractivity contribution in [2.24, 2.45) is 5.73 Å². The molecule has 0 amide bonds. The normalized spacial score (nSPS) is 17.0. The van der Waals surface area contributed by atoms with E-state index >= 15 is 0 Å². The molecule has 6 nitrogen and oxygen atoms in total. The number of hydrogen-bond acceptors (Lipinski definition) is 4. The van der Waals surface area contributed by atoms with E-state index in [9.17, 15) is 8.42 Å². The van der Waals surface area contributed by atoms with Crippen LogP contribution >= 0.6 is 0 Å². The molecule has 1 aliphatic rings. The standard InChI is InChI=1S/C14H19N3O3S/c1-10(14-3-2-6-20-14)16-21(18,19)13-7-12(8-15)17(9-13)11-4-5-11/h2-3,6-7,9-11,16H,4-5,8,15H2,1H3. The second-order valence-corrected chi connectivity index (χ2v) is 7.08. The average Bonchev–Trinajstić information content (AvgIpc) is 2.98. The van der Waals surface area contributed by atoms with Gasteiger partial charge in [-0.2, -0.15) is 0 Å². The van der Waals surface area contributed by atoms with Crippen molar-refractivity contribution in [1.82, 2.24) is 9.29 Å². The Hall–Kier alpha value is -1.57. The van der Waals surface area contributed by atoms with Gasteiger partial charge in [-0.25, -0.2) is 13.1 Å². The topological polar surface area (TPSA) is 90.3 Å². The van der Waals surface area contributed by atoms with Crippen molar-refractivity contribution < 1.29 is 12.8 Å². The fourth-order valence-electron chi connectivity index (χ4n) is 2.40. The van der Waals surface area contributed by atoms with E-state index in [4.69, 9.17) is 10.2 Å². The Balaban J connectivity index is 1.84. The van der Waals surface area contributed by atoms with Crippen LogP contribution in [0.15, 0.2) is 40.0 Å². The van der Waals surface area contributed by atoms with Gasteiger partial charge in [0.2, 0.25) is 10.0 Å². The van der Waals surface area contributed by atoms with Gasteiger partial charge in [-0.05, 0) is 38.0 Å². The number of hydrogen-bond donors (Lipinski definition) is 2. The first-order valence-electron chi connectivity index (χ1n) is 6.98. The minimum Gasteiger partial charge on any atom is -0.468 e. The summed E-state index contributed by atoms with van der Waals surface area (Å²) in [4.78, 5) is 0.258. The van der Waals surface area contributed by atoms with Gasteiger partial charge in [0.05, 0.1) is 17.2 Å². The van der Waals surface area contributed by atoms with Crippen molar-refractivity contribution in [3.63, 3.8) is 0 Å². The summed E-state index contributed by atoms with van der Waals surface area (Å²) in [5, 5.41) is 0. The van der Waals surface area contributed by atoms with Crippen molar-refractivity contribution in [2.45, 2.75) is 43.3 Å². The van der Waals surface area contributed by atoms with Gasteiger partial charge in [0.25, 0.3) is 0 Å². The van der Waals surface area contributed by atoms with Gasteiger partial charge in [0, 0.05) is 24.5 Å². The van der Waals surface area contributed by atoms with E-state index in [1.54, 1.807) is 31.3 Å². The van der Waals surface area contributed by atoms with Crippen LogP contribution in [-0.4, -0.2) is 13.0 Å². The molecule has 1 aliphatic carbocycles. The second-order valence-electron chi connectivity index (χ2n) is 5.37. The van der Waals surface area contributed by atoms with Crippen molar-refractivity contribution >= 4 is 10.0 Å². The van der Waals surface area contributed by atoms with Gasteiger partial charge >= 0.3 is 0 Å². The number of nitrogens with two attached hydrogens (primary N) is 1. The van der Waals surface area contributed by atoms with Crippen molar-refractivity contribution in [3.05, 3.63) is 42.1 Å². The molecule has 0 saturated heterocycles. The molecule has 1 fully saturated rings. The maximum atomic E-state index is 12.5. The molecule has 0 aliphatic heterocycles. The lowest BCUT2D eigenvalue weighted by molar-refractivity contribution is 0.459. The molecule has 2 aromatic heterocycles.